The summed E-state index contributed by atoms with van der Waals surface area (Å²) in [6.45, 7) is 0. The van der Waals surface area contributed by atoms with Gasteiger partial charge in [0, 0.05) is 0 Å². The second-order valence-corrected chi connectivity index (χ2v) is 4.15. The van der Waals surface area contributed by atoms with Crippen LogP contribution < -0.4 is 0 Å². The topological polar surface area (TPSA) is 9.23 Å². The highest BCUT2D eigenvalue weighted by molar-refractivity contribution is 14.1. The largest absolute Gasteiger partial charge is 0.459 e. The van der Waals surface area contributed by atoms with Gasteiger partial charge in [-0.05, 0) is 0 Å². The van der Waals surface area contributed by atoms with Crippen LogP contribution in [0, 0.1) is 0 Å². The molecular weight excluding hydrogens is 251 g/mol. The minimum Gasteiger partial charge on any atom is -0.459 e. The molecule has 0 N–H and O–H groups in total. The minimum absolute atomic E-state index is 0.605. The zero-order valence-corrected chi connectivity index (χ0v) is 7.33. The van der Waals surface area contributed by atoms with Crippen molar-refractivity contribution in [2.45, 2.75) is 0 Å². The van der Waals surface area contributed by atoms with Gasteiger partial charge in [0.25, 0.3) is 0 Å². The van der Waals surface area contributed by atoms with E-state index in [0.717, 1.165) is 0 Å². The van der Waals surface area contributed by atoms with Crippen LogP contribution >= 0.6 is 22.6 Å². The van der Waals surface area contributed by atoms with Crippen molar-refractivity contribution >= 4 is 53.3 Å². The average molecular weight is 253 g/mol. The smallest absolute Gasteiger partial charge is 0.0768 e. The van der Waals surface area contributed by atoms with Crippen LogP contribution in [0.5, 0.6) is 0 Å². The van der Waals surface area contributed by atoms with Crippen molar-refractivity contribution in [3.05, 3.63) is 0 Å². The van der Waals surface area contributed by atoms with E-state index >= 15 is 0 Å². The Bertz CT molecular complexity index is 78.8. The molecule has 0 atom stereocenters. The summed E-state index contributed by atoms with van der Waals surface area (Å²) in [6, 6.07) is 0. The van der Waals surface area contributed by atoms with Gasteiger partial charge < -0.3 is 4.18 Å². The molecule has 0 fully saturated rings. The van der Waals surface area contributed by atoms with Crippen molar-refractivity contribution in [1.82, 2.24) is 0 Å². The fraction of sp³-hybridized carbons (Fsp3) is 1.00. The number of hydrogen-bond donors (Lipinski definition) is 0. The summed E-state index contributed by atoms with van der Waals surface area (Å²) in [4.78, 5) is 0. The zero-order valence-electron chi connectivity index (χ0n) is 2.72. The Kier molecular flexibility index (Phi) is 5.78. The van der Waals surface area contributed by atoms with E-state index in [1.807, 2.05) is 0 Å². The normalized spacial score (nSPS) is 9.67. The molecule has 0 saturated carbocycles. The number of hydrogen-bond acceptors (Lipinski definition) is 4. The minimum atomic E-state index is -0.656. The number of rotatable bonds is 2. The van der Waals surface area contributed by atoms with Crippen LogP contribution in [0.1, 0.15) is 0 Å². The van der Waals surface area contributed by atoms with Crippen molar-refractivity contribution in [1.29, 1.82) is 0 Å². The summed E-state index contributed by atoms with van der Waals surface area (Å²) in [5, 5.41) is 0. The Labute approximate surface area is 61.6 Å². The van der Waals surface area contributed by atoms with Crippen LogP contribution in [0.3, 0.4) is 0 Å². The Hall–Kier alpha value is 1.48. The first-order valence-electron chi connectivity index (χ1n) is 1.06. The fourth-order valence-corrected chi connectivity index (χ4v) is 2.20. The van der Waals surface area contributed by atoms with E-state index in [4.69, 9.17) is 0 Å². The van der Waals surface area contributed by atoms with Crippen LogP contribution in [-0.4, -0.2) is 4.61 Å². The molecule has 0 aliphatic rings. The van der Waals surface area contributed by atoms with E-state index in [1.54, 1.807) is 0 Å². The van der Waals surface area contributed by atoms with Crippen molar-refractivity contribution < 1.29 is 4.18 Å². The van der Waals surface area contributed by atoms with Crippen molar-refractivity contribution in [2.75, 3.05) is 4.61 Å². The third-order valence-corrected chi connectivity index (χ3v) is 1.76. The maximum Gasteiger partial charge on any atom is 0.0768 e. The highest BCUT2D eigenvalue weighted by atomic mass is 127. The Morgan fingerprint density at radius 2 is 2.17 bits per heavy atom. The Balaban J connectivity index is 3.07. The number of halogens is 1. The lowest BCUT2D eigenvalue weighted by Gasteiger charge is -1.97. The molecule has 6 heavy (non-hydrogen) atoms. The standard InChI is InChI=1S/CH2IOS3/c2-1-3-6(4)5/h1H2/q-1. The van der Waals surface area contributed by atoms with Gasteiger partial charge in [0.15, 0.2) is 0 Å². The van der Waals surface area contributed by atoms with E-state index in [9.17, 15) is 0 Å². The molecule has 0 unspecified atom stereocenters. The summed E-state index contributed by atoms with van der Waals surface area (Å²) in [5.41, 5.74) is 0. The summed E-state index contributed by atoms with van der Waals surface area (Å²) < 4.78 is 5.29. The van der Waals surface area contributed by atoms with Crippen molar-refractivity contribution in [3.8, 4) is 0 Å². The predicted octanol–water partition coefficient (Wildman–Crippen LogP) is 0.853. The first-order chi connectivity index (χ1) is 2.77. The van der Waals surface area contributed by atoms with Crippen LogP contribution in [0.2, 0.25) is 0 Å². The maximum absolute atomic E-state index is 4.69. The molecule has 0 aliphatic carbocycles. The average Bonchev–Trinajstić information content (AvgIpc) is 1.35. The maximum atomic E-state index is 4.69. The number of alkyl halides is 1. The molecule has 0 aromatic carbocycles. The summed E-state index contributed by atoms with van der Waals surface area (Å²) in [7, 11) is -0.656. The van der Waals surface area contributed by atoms with Gasteiger partial charge in [0.2, 0.25) is 0 Å². The monoisotopic (exact) mass is 253 g/mol. The zero-order chi connectivity index (χ0) is 4.99. The molecule has 1 nitrogen and oxygen atoms in total. The van der Waals surface area contributed by atoms with E-state index in [2.05, 4.69) is 49.2 Å². The molecule has 0 amide bonds. The molecule has 0 bridgehead atoms. The summed E-state index contributed by atoms with van der Waals surface area (Å²) >= 11 is 11.0. The lowest BCUT2D eigenvalue weighted by atomic mass is 11.8. The molecule has 0 rings (SSSR count). The van der Waals surface area contributed by atoms with Gasteiger partial charge in [-0.1, -0.05) is 22.6 Å². The molecule has 38 valence electrons. The molecule has 0 aromatic rings. The molecule has 0 aliphatic heterocycles. The van der Waals surface area contributed by atoms with Crippen molar-refractivity contribution in [3.63, 3.8) is 0 Å². The van der Waals surface area contributed by atoms with E-state index < -0.39 is 8.29 Å². The van der Waals surface area contributed by atoms with Gasteiger partial charge in [-0.25, -0.2) is 30.7 Å². The van der Waals surface area contributed by atoms with Gasteiger partial charge in [0.1, 0.15) is 0 Å². The van der Waals surface area contributed by atoms with E-state index in [0.29, 0.717) is 4.61 Å². The van der Waals surface area contributed by atoms with Gasteiger partial charge in [0.05, 0.1) is 4.61 Å². The molecular formula is CH2IOS3-. The second kappa shape index (κ2) is 4.63. The first-order valence-corrected chi connectivity index (χ1v) is 5.58. The Morgan fingerprint density at radius 1 is 1.67 bits per heavy atom. The van der Waals surface area contributed by atoms with Gasteiger partial charge in [-0.2, -0.15) is 0 Å². The Morgan fingerprint density at radius 3 is 2.17 bits per heavy atom. The molecule has 0 radical (unpaired) electrons. The lowest BCUT2D eigenvalue weighted by molar-refractivity contribution is 0.482. The molecule has 0 heterocycles. The molecule has 0 aromatic heterocycles. The van der Waals surface area contributed by atoms with E-state index in [-0.39, 0.29) is 0 Å². The molecule has 0 saturated heterocycles. The van der Waals surface area contributed by atoms with E-state index in [1.165, 1.54) is 0 Å². The molecule has 5 heteroatoms. The molecule has 0 spiro atoms. The van der Waals surface area contributed by atoms with Crippen LogP contribution in [0.4, 0.5) is 0 Å². The van der Waals surface area contributed by atoms with Crippen LogP contribution in [0.15, 0.2) is 0 Å². The first kappa shape index (κ1) is 7.48. The third-order valence-electron chi connectivity index (χ3n) is 0.141. The quantitative estimate of drug-likeness (QED) is 0.410. The summed E-state index contributed by atoms with van der Waals surface area (Å²) in [5.74, 6) is 0. The van der Waals surface area contributed by atoms with Crippen LogP contribution in [0.25, 0.3) is 0 Å². The summed E-state index contributed by atoms with van der Waals surface area (Å²) in [6.07, 6.45) is 0. The highest BCUT2D eigenvalue weighted by Crippen LogP contribution is 1.81. The van der Waals surface area contributed by atoms with Gasteiger partial charge >= 0.3 is 0 Å². The highest BCUT2D eigenvalue weighted by Gasteiger charge is 1.55. The SMILES string of the molecule is S=[S-](=S)OCI. The fourth-order valence-electron chi connectivity index (χ4n) is 0.0364. The lowest BCUT2D eigenvalue weighted by Crippen LogP contribution is -1.76. The van der Waals surface area contributed by atoms with Crippen LogP contribution in [-0.2, 0) is 34.9 Å². The van der Waals surface area contributed by atoms with Crippen molar-refractivity contribution in [2.24, 2.45) is 0 Å². The predicted molar refractivity (Wildman–Crippen MR) is 42.1 cm³/mol. The third kappa shape index (κ3) is 5.48. The van der Waals surface area contributed by atoms with Gasteiger partial charge in [-0.3, -0.25) is 0 Å². The second-order valence-electron chi connectivity index (χ2n) is 0.431. The van der Waals surface area contributed by atoms with Gasteiger partial charge in [-0.15, -0.1) is 0 Å².